The number of halogens is 1. The van der Waals surface area contributed by atoms with Crippen LogP contribution in [0.1, 0.15) is 44.0 Å². The first-order valence-electron chi connectivity index (χ1n) is 10.9. The van der Waals surface area contributed by atoms with Crippen molar-refractivity contribution in [1.29, 1.82) is 0 Å². The van der Waals surface area contributed by atoms with Gasteiger partial charge in [-0.2, -0.15) is 9.67 Å². The molecule has 0 radical (unpaired) electrons. The maximum Gasteiger partial charge on any atom is 0.327 e. The molecule has 0 fully saturated rings. The van der Waals surface area contributed by atoms with Crippen molar-refractivity contribution in [1.82, 2.24) is 14.7 Å². The average Bonchev–Trinajstić information content (AvgIpc) is 3.21. The Labute approximate surface area is 197 Å². The lowest BCUT2D eigenvalue weighted by molar-refractivity contribution is -0.577. The lowest BCUT2D eigenvalue weighted by Gasteiger charge is -2.18. The van der Waals surface area contributed by atoms with Gasteiger partial charge in [-0.3, -0.25) is 14.5 Å². The van der Waals surface area contributed by atoms with E-state index in [4.69, 9.17) is 11.6 Å². The number of benzene rings is 1. The standard InChI is InChI=1S/C25H25ClN4O3/c1-5-7-19-20(24(32)30(27-19)18-11-9-17(26)10-12-18)21-22(28-13-6-8-16(4)14-28)25(33)29(15(2)3)23(21)31/h6,8-15H,5,7H2,1-4H3. The summed E-state index contributed by atoms with van der Waals surface area (Å²) >= 11 is 6.00. The van der Waals surface area contributed by atoms with Crippen molar-refractivity contribution in [2.24, 2.45) is 0 Å². The molecule has 33 heavy (non-hydrogen) atoms. The van der Waals surface area contributed by atoms with Gasteiger partial charge in [0.2, 0.25) is 0 Å². The van der Waals surface area contributed by atoms with Crippen LogP contribution in [0, 0.1) is 6.92 Å². The van der Waals surface area contributed by atoms with Crippen LogP contribution in [0.25, 0.3) is 17.0 Å². The maximum absolute atomic E-state index is 13.7. The second-order valence-corrected chi connectivity index (χ2v) is 8.79. The van der Waals surface area contributed by atoms with Gasteiger partial charge in [0.15, 0.2) is 12.4 Å². The van der Waals surface area contributed by atoms with Crippen LogP contribution in [0.15, 0.2) is 48.8 Å². The minimum absolute atomic E-state index is 0.0953. The van der Waals surface area contributed by atoms with Crippen LogP contribution in [0.5, 0.6) is 5.88 Å². The number of carbonyl (C=O) groups is 2. The number of pyridine rings is 1. The number of imide groups is 1. The highest BCUT2D eigenvalue weighted by molar-refractivity contribution is 6.45. The lowest BCUT2D eigenvalue weighted by Crippen LogP contribution is -2.42. The zero-order valence-electron chi connectivity index (χ0n) is 19.0. The molecule has 1 aliphatic rings. The number of aryl methyl sites for hydroxylation is 2. The Morgan fingerprint density at radius 2 is 1.82 bits per heavy atom. The summed E-state index contributed by atoms with van der Waals surface area (Å²) in [6.07, 6.45) is 4.70. The Morgan fingerprint density at radius 1 is 1.12 bits per heavy atom. The summed E-state index contributed by atoms with van der Waals surface area (Å²) in [5.41, 5.74) is 2.39. The van der Waals surface area contributed by atoms with E-state index in [1.54, 1.807) is 61.1 Å². The monoisotopic (exact) mass is 464 g/mol. The molecule has 1 aliphatic heterocycles. The number of nitrogens with zero attached hydrogens (tertiary/aromatic N) is 4. The molecule has 2 aromatic heterocycles. The first-order chi connectivity index (χ1) is 15.7. The Kier molecular flexibility index (Phi) is 6.08. The summed E-state index contributed by atoms with van der Waals surface area (Å²) in [5.74, 6) is -1.35. The average molecular weight is 465 g/mol. The number of hydrogen-bond acceptors (Lipinski definition) is 4. The molecule has 0 atom stereocenters. The summed E-state index contributed by atoms with van der Waals surface area (Å²) in [4.78, 5) is 28.2. The van der Waals surface area contributed by atoms with E-state index in [1.165, 1.54) is 9.58 Å². The molecule has 3 heterocycles. The van der Waals surface area contributed by atoms with Crippen LogP contribution in [0.2, 0.25) is 5.02 Å². The summed E-state index contributed by atoms with van der Waals surface area (Å²) in [5, 5.41) is 18.7. The highest BCUT2D eigenvalue weighted by atomic mass is 35.5. The van der Waals surface area contributed by atoms with Gasteiger partial charge in [0.05, 0.1) is 11.4 Å². The molecule has 3 aromatic rings. The third kappa shape index (κ3) is 3.93. The van der Waals surface area contributed by atoms with Gasteiger partial charge >= 0.3 is 5.91 Å². The molecule has 8 heteroatoms. The first kappa shape index (κ1) is 22.7. The fraction of sp³-hybridized carbons (Fsp3) is 0.280. The summed E-state index contributed by atoms with van der Waals surface area (Å²) in [6, 6.07) is 10.1. The van der Waals surface area contributed by atoms with Gasteiger partial charge in [0.1, 0.15) is 5.57 Å². The van der Waals surface area contributed by atoms with E-state index in [-0.39, 0.29) is 22.9 Å². The van der Waals surface area contributed by atoms with Crippen molar-refractivity contribution in [2.75, 3.05) is 0 Å². The highest BCUT2D eigenvalue weighted by Gasteiger charge is 2.47. The molecule has 0 N–H and O–H groups in total. The van der Waals surface area contributed by atoms with Gasteiger partial charge in [0.25, 0.3) is 11.6 Å². The van der Waals surface area contributed by atoms with Crippen LogP contribution in [-0.4, -0.2) is 32.5 Å². The predicted octanol–water partition coefficient (Wildman–Crippen LogP) is 3.29. The van der Waals surface area contributed by atoms with E-state index in [0.29, 0.717) is 22.8 Å². The third-order valence-electron chi connectivity index (χ3n) is 5.54. The van der Waals surface area contributed by atoms with E-state index in [1.807, 2.05) is 19.9 Å². The van der Waals surface area contributed by atoms with E-state index >= 15 is 0 Å². The fourth-order valence-electron chi connectivity index (χ4n) is 4.07. The minimum Gasteiger partial charge on any atom is -0.858 e. The Morgan fingerprint density at radius 3 is 2.42 bits per heavy atom. The van der Waals surface area contributed by atoms with Crippen molar-refractivity contribution < 1.29 is 19.3 Å². The third-order valence-corrected chi connectivity index (χ3v) is 5.79. The van der Waals surface area contributed by atoms with Crippen LogP contribution < -0.4 is 9.67 Å². The zero-order valence-corrected chi connectivity index (χ0v) is 19.8. The van der Waals surface area contributed by atoms with E-state index in [2.05, 4.69) is 5.10 Å². The van der Waals surface area contributed by atoms with Crippen molar-refractivity contribution in [3.05, 3.63) is 70.6 Å². The second kappa shape index (κ2) is 8.83. The van der Waals surface area contributed by atoms with Crippen LogP contribution in [-0.2, 0) is 16.0 Å². The molecule has 0 aliphatic carbocycles. The Bertz CT molecular complexity index is 1280. The molecular weight excluding hydrogens is 440 g/mol. The van der Waals surface area contributed by atoms with Crippen LogP contribution in [0.4, 0.5) is 0 Å². The number of aromatic nitrogens is 3. The zero-order chi connectivity index (χ0) is 23.9. The smallest absolute Gasteiger partial charge is 0.327 e. The maximum atomic E-state index is 13.7. The van der Waals surface area contributed by atoms with E-state index in [0.717, 1.165) is 12.0 Å². The number of rotatable bonds is 6. The van der Waals surface area contributed by atoms with E-state index < -0.39 is 17.7 Å². The predicted molar refractivity (Wildman–Crippen MR) is 123 cm³/mol. The molecule has 170 valence electrons. The van der Waals surface area contributed by atoms with Gasteiger partial charge in [0, 0.05) is 28.3 Å². The highest BCUT2D eigenvalue weighted by Crippen LogP contribution is 2.38. The van der Waals surface area contributed by atoms with Crippen molar-refractivity contribution >= 4 is 34.7 Å². The molecular formula is C25H25ClN4O3. The molecule has 2 amide bonds. The number of amides is 2. The van der Waals surface area contributed by atoms with Crippen molar-refractivity contribution in [3.63, 3.8) is 0 Å². The van der Waals surface area contributed by atoms with Crippen molar-refractivity contribution in [2.45, 2.75) is 46.6 Å². The minimum atomic E-state index is -0.482. The largest absolute Gasteiger partial charge is 0.858 e. The van der Waals surface area contributed by atoms with Gasteiger partial charge in [-0.15, -0.1) is 0 Å². The number of carbonyl (C=O) groups excluding carboxylic acids is 2. The van der Waals surface area contributed by atoms with Gasteiger partial charge in [-0.05, 0) is 63.4 Å². The molecule has 0 unspecified atom stereocenters. The molecule has 0 saturated heterocycles. The second-order valence-electron chi connectivity index (χ2n) is 8.35. The van der Waals surface area contributed by atoms with Crippen LogP contribution >= 0.6 is 11.6 Å². The molecule has 0 bridgehead atoms. The molecule has 7 nitrogen and oxygen atoms in total. The summed E-state index contributed by atoms with van der Waals surface area (Å²) in [7, 11) is 0. The molecule has 1 aromatic carbocycles. The van der Waals surface area contributed by atoms with Crippen molar-refractivity contribution in [3.8, 4) is 11.6 Å². The normalized spacial score (nSPS) is 14.2. The number of hydrogen-bond donors (Lipinski definition) is 0. The quantitative estimate of drug-likeness (QED) is 0.414. The Hall–Kier alpha value is -3.45. The van der Waals surface area contributed by atoms with E-state index in [9.17, 15) is 14.7 Å². The van der Waals surface area contributed by atoms with Crippen LogP contribution in [0.3, 0.4) is 0 Å². The molecule has 0 spiro atoms. The first-order valence-corrected chi connectivity index (χ1v) is 11.3. The Balaban J connectivity index is 2.02. The summed E-state index contributed by atoms with van der Waals surface area (Å²) in [6.45, 7) is 7.43. The molecule has 0 saturated carbocycles. The summed E-state index contributed by atoms with van der Waals surface area (Å²) < 4.78 is 2.90. The SMILES string of the molecule is CCCc1nn(-c2ccc(Cl)cc2)c([O-])c1C1=C([n+]2cccc(C)c2)C(=O)N(C(C)C)C1=O. The fourth-order valence-corrected chi connectivity index (χ4v) is 4.19. The van der Waals surface area contributed by atoms with Gasteiger partial charge in [-0.1, -0.05) is 24.9 Å². The lowest BCUT2D eigenvalue weighted by atomic mass is 10.0. The molecule has 4 rings (SSSR count). The van der Waals surface area contributed by atoms with Gasteiger partial charge < -0.3 is 5.11 Å². The van der Waals surface area contributed by atoms with Gasteiger partial charge in [-0.25, -0.2) is 4.68 Å². The topological polar surface area (TPSA) is 82.1 Å².